The van der Waals surface area contributed by atoms with Crippen LogP contribution in [-0.2, 0) is 83.4 Å². The molecular formula is C43H38ClF10N7O9S2. The van der Waals surface area contributed by atoms with Gasteiger partial charge >= 0.3 is 30.2 Å². The van der Waals surface area contributed by atoms with Crippen LogP contribution < -0.4 is 9.62 Å². The van der Waals surface area contributed by atoms with Crippen LogP contribution in [0, 0.1) is 29.9 Å². The number of hydrogen-bond acceptors (Lipinski definition) is 11. The zero-order valence-corrected chi connectivity index (χ0v) is 40.0. The Bertz CT molecular complexity index is 3260. The van der Waals surface area contributed by atoms with Gasteiger partial charge in [-0.2, -0.15) is 45.3 Å². The third kappa shape index (κ3) is 11.6. The number of hydrogen-bond donors (Lipinski definition) is 2. The van der Waals surface area contributed by atoms with E-state index in [0.29, 0.717) is 12.3 Å². The smallest absolute Gasteiger partial charge is 0.435 e. The summed E-state index contributed by atoms with van der Waals surface area (Å²) in [5, 5.41) is 17.5. The average Bonchev–Trinajstić information content (AvgIpc) is 3.87. The van der Waals surface area contributed by atoms with Gasteiger partial charge in [-0.05, 0) is 69.4 Å². The number of fused-ring (bicyclic) bond motifs is 2. The quantitative estimate of drug-likeness (QED) is 0.0339. The number of benzene rings is 2. The molecule has 3 aromatic heterocycles. The summed E-state index contributed by atoms with van der Waals surface area (Å²) in [7, 11) is -8.52. The van der Waals surface area contributed by atoms with Crippen molar-refractivity contribution >= 4 is 66.0 Å². The van der Waals surface area contributed by atoms with E-state index in [1.807, 2.05) is 0 Å². The highest BCUT2D eigenvalue weighted by Crippen LogP contribution is 2.50. The number of alkyl halides is 8. The van der Waals surface area contributed by atoms with E-state index in [1.54, 1.807) is 5.92 Å². The molecule has 72 heavy (non-hydrogen) atoms. The fourth-order valence-corrected chi connectivity index (χ4v) is 9.22. The fourth-order valence-electron chi connectivity index (χ4n) is 7.82. The summed E-state index contributed by atoms with van der Waals surface area (Å²) in [4.78, 5) is 41.9. The van der Waals surface area contributed by atoms with Crippen LogP contribution in [0.3, 0.4) is 0 Å². The summed E-state index contributed by atoms with van der Waals surface area (Å²) in [5.41, 5.74) is -6.09. The number of terminal acetylenes is 1. The lowest BCUT2D eigenvalue weighted by Gasteiger charge is -2.25. The molecule has 0 spiro atoms. The summed E-state index contributed by atoms with van der Waals surface area (Å²) >= 11 is 6.56. The lowest BCUT2D eigenvalue weighted by molar-refractivity contribution is -0.163. The Morgan fingerprint density at radius 1 is 0.986 bits per heavy atom. The standard InChI is InChI=1S/C43H38ClF10N7O9S2/c1-6-22-16-28-35(43(52,53)54)57-59(36(28)42(22,50)51)18-31(62)56-30(15-21-13-23(45)17-24(46)14-21)33-26(8-7-25(55-33)11-12-40(2,3)71(4,66)67)27-9-10-29(44)32-34(27)60(19-41(47,48)49)58-37(32)61(72(5,68)69)20-70-39(65)38(63)64/h1,7-10,13-14,17,22,30H,11-12,15-16,18-20H2,2-5H3,(H,56,62)(H,63,64)/t22-,30+/m1/s1. The van der Waals surface area contributed by atoms with Crippen molar-refractivity contribution in [3.8, 4) is 23.5 Å². The van der Waals surface area contributed by atoms with Gasteiger partial charge in [0, 0.05) is 34.7 Å². The summed E-state index contributed by atoms with van der Waals surface area (Å²) < 4.78 is 202. The van der Waals surface area contributed by atoms with Crippen LogP contribution in [-0.4, -0.2) is 94.5 Å². The predicted molar refractivity (Wildman–Crippen MR) is 235 cm³/mol. The third-order valence-electron chi connectivity index (χ3n) is 11.5. The van der Waals surface area contributed by atoms with E-state index in [2.05, 4.69) is 25.2 Å². The van der Waals surface area contributed by atoms with Crippen LogP contribution in [0.1, 0.15) is 60.2 Å². The highest BCUT2D eigenvalue weighted by molar-refractivity contribution is 7.92. The van der Waals surface area contributed by atoms with Crippen molar-refractivity contribution < 1.29 is 85.0 Å². The Kier molecular flexibility index (Phi) is 14.9. The maximum Gasteiger partial charge on any atom is 0.435 e. The number of aliphatic carboxylic acids is 1. The number of ether oxygens (including phenoxy) is 1. The minimum atomic E-state index is -5.32. The monoisotopic (exact) mass is 1090 g/mol. The molecule has 1 aliphatic carbocycles. The van der Waals surface area contributed by atoms with Crippen molar-refractivity contribution in [1.29, 1.82) is 0 Å². The molecule has 1 amide bonds. The molecule has 3 heterocycles. The van der Waals surface area contributed by atoms with Crippen LogP contribution in [0.15, 0.2) is 42.5 Å². The molecule has 2 N–H and O–H groups in total. The Hall–Kier alpha value is -6.47. The van der Waals surface area contributed by atoms with Crippen molar-refractivity contribution in [2.75, 3.05) is 23.5 Å². The van der Waals surface area contributed by atoms with E-state index < -0.39 is 161 Å². The molecule has 388 valence electrons. The van der Waals surface area contributed by atoms with Crippen LogP contribution in [0.5, 0.6) is 0 Å². The minimum Gasteiger partial charge on any atom is -0.473 e. The number of aryl methyl sites for hydroxylation is 1. The number of carbonyl (C=O) groups is 3. The largest absolute Gasteiger partial charge is 0.473 e. The molecule has 29 heteroatoms. The van der Waals surface area contributed by atoms with Crippen LogP contribution >= 0.6 is 11.6 Å². The number of anilines is 1. The average molecular weight is 1090 g/mol. The molecular weight excluding hydrogens is 1050 g/mol. The van der Waals surface area contributed by atoms with E-state index in [9.17, 15) is 66.3 Å². The van der Waals surface area contributed by atoms with Crippen molar-refractivity contribution in [2.45, 2.75) is 81.7 Å². The number of nitrogens with zero attached hydrogens (tertiary/aromatic N) is 6. The number of sulfonamides is 1. The van der Waals surface area contributed by atoms with Gasteiger partial charge in [0.2, 0.25) is 15.9 Å². The van der Waals surface area contributed by atoms with E-state index in [-0.39, 0.29) is 48.9 Å². The maximum absolute atomic E-state index is 15.6. The molecule has 0 fully saturated rings. The van der Waals surface area contributed by atoms with Gasteiger partial charge < -0.3 is 15.2 Å². The number of rotatable bonds is 16. The number of aromatic nitrogens is 5. The van der Waals surface area contributed by atoms with E-state index in [1.165, 1.54) is 26.0 Å². The topological polar surface area (TPSA) is 213 Å². The van der Waals surface area contributed by atoms with E-state index in [0.717, 1.165) is 30.5 Å². The highest BCUT2D eigenvalue weighted by atomic mass is 35.5. The van der Waals surface area contributed by atoms with E-state index >= 15 is 8.78 Å². The molecule has 0 radical (unpaired) electrons. The first-order valence-electron chi connectivity index (χ1n) is 20.6. The summed E-state index contributed by atoms with van der Waals surface area (Å²) in [6.07, 6.45) is -5.83. The molecule has 2 atom stereocenters. The summed E-state index contributed by atoms with van der Waals surface area (Å²) in [6.45, 7) is -2.09. The Morgan fingerprint density at radius 2 is 1.61 bits per heavy atom. The van der Waals surface area contributed by atoms with Gasteiger partial charge in [-0.3, -0.25) is 19.1 Å². The van der Waals surface area contributed by atoms with Crippen LogP contribution in [0.2, 0.25) is 5.02 Å². The molecule has 0 bridgehead atoms. The molecule has 1 aliphatic rings. The first kappa shape index (κ1) is 54.9. The number of halogens is 11. The molecule has 6 rings (SSSR count). The molecule has 0 saturated heterocycles. The molecule has 5 aromatic rings. The van der Waals surface area contributed by atoms with Gasteiger partial charge in [-0.1, -0.05) is 29.7 Å². The number of esters is 1. The highest BCUT2D eigenvalue weighted by Gasteiger charge is 2.55. The third-order valence-corrected chi connectivity index (χ3v) is 15.1. The van der Waals surface area contributed by atoms with Gasteiger partial charge in [0.25, 0.3) is 0 Å². The zero-order valence-electron chi connectivity index (χ0n) is 37.6. The first-order chi connectivity index (χ1) is 33.0. The second kappa shape index (κ2) is 19.5. The number of sulfone groups is 1. The number of nitrogens with one attached hydrogen (secondary N) is 1. The van der Waals surface area contributed by atoms with Gasteiger partial charge in [0.1, 0.15) is 30.4 Å². The Balaban J connectivity index is 1.63. The number of carbonyl (C=O) groups excluding carboxylic acids is 2. The zero-order chi connectivity index (χ0) is 53.8. The number of amides is 1. The van der Waals surface area contributed by atoms with Gasteiger partial charge in [-0.25, -0.2) is 39.5 Å². The SMILES string of the molecule is C#C[C@@H]1Cc2c(C(F)(F)F)nn(CC(=O)N[C@@H](Cc3cc(F)cc(F)c3)c3nc(CCC(C)(C)S(C)(=O)=O)ccc3-c3ccc(Cl)c4c(N(COC(=O)C(=O)O)S(C)(=O)=O)nn(CC(F)(F)F)c34)c2C1(F)F. The van der Waals surface area contributed by atoms with Gasteiger partial charge in [-0.15, -0.1) is 6.42 Å². The molecule has 2 aromatic carbocycles. The lowest BCUT2D eigenvalue weighted by atomic mass is 9.93. The first-order valence-corrected chi connectivity index (χ1v) is 24.7. The molecule has 16 nitrogen and oxygen atoms in total. The second-order valence-electron chi connectivity index (χ2n) is 17.1. The van der Waals surface area contributed by atoms with Crippen molar-refractivity contribution in [3.05, 3.63) is 93.0 Å². The molecule has 0 saturated carbocycles. The Morgan fingerprint density at radius 3 is 2.17 bits per heavy atom. The lowest BCUT2D eigenvalue weighted by Crippen LogP contribution is -2.35. The van der Waals surface area contributed by atoms with Crippen molar-refractivity contribution in [2.24, 2.45) is 5.92 Å². The van der Waals surface area contributed by atoms with E-state index in [4.69, 9.17) is 23.1 Å². The van der Waals surface area contributed by atoms with Gasteiger partial charge in [0.05, 0.1) is 44.6 Å². The normalized spacial score (nSPS) is 15.5. The summed E-state index contributed by atoms with van der Waals surface area (Å²) in [5.74, 6) is -13.3. The van der Waals surface area contributed by atoms with Crippen molar-refractivity contribution in [1.82, 2.24) is 29.9 Å². The van der Waals surface area contributed by atoms with Crippen molar-refractivity contribution in [3.63, 3.8) is 0 Å². The molecule has 0 aliphatic heterocycles. The maximum atomic E-state index is 15.6. The van der Waals surface area contributed by atoms with Crippen LogP contribution in [0.25, 0.3) is 22.0 Å². The summed E-state index contributed by atoms with van der Waals surface area (Å²) in [6, 6.07) is 4.84. The fraction of sp³-hybridized carbons (Fsp3) is 0.395. The van der Waals surface area contributed by atoms with Gasteiger partial charge in [0.15, 0.2) is 28.1 Å². The predicted octanol–water partition coefficient (Wildman–Crippen LogP) is 6.91. The number of carboxylic acid groups (broad SMARTS) is 1. The number of carboxylic acids is 1. The number of pyridine rings is 1. The Labute approximate surface area is 407 Å². The van der Waals surface area contributed by atoms with Crippen LogP contribution in [0.4, 0.5) is 49.7 Å². The minimum absolute atomic E-state index is 0.00743. The second-order valence-corrected chi connectivity index (χ2v) is 22.1. The molecule has 0 unspecified atom stereocenters.